The van der Waals surface area contributed by atoms with Crippen molar-refractivity contribution in [1.29, 1.82) is 0 Å². The highest BCUT2D eigenvalue weighted by Gasteiger charge is 2.29. The van der Waals surface area contributed by atoms with Gasteiger partial charge >= 0.3 is 0 Å². The summed E-state index contributed by atoms with van der Waals surface area (Å²) in [5.41, 5.74) is 3.38. The van der Waals surface area contributed by atoms with Crippen LogP contribution in [-0.4, -0.2) is 27.2 Å². The normalized spacial score (nSPS) is 13.6. The molecule has 0 spiro atoms. The third kappa shape index (κ3) is 2.69. The van der Waals surface area contributed by atoms with Crippen LogP contribution < -0.4 is 4.90 Å². The molecule has 126 valence electrons. The second-order valence-corrected chi connectivity index (χ2v) is 6.04. The first-order valence-corrected chi connectivity index (χ1v) is 8.20. The first kappa shape index (κ1) is 15.5. The number of aromatic nitrogens is 3. The van der Waals surface area contributed by atoms with Crippen molar-refractivity contribution in [2.75, 3.05) is 11.4 Å². The van der Waals surface area contributed by atoms with Crippen molar-refractivity contribution in [2.45, 2.75) is 19.9 Å². The fourth-order valence-corrected chi connectivity index (χ4v) is 3.27. The molecule has 0 N–H and O–H groups in total. The Kier molecular flexibility index (Phi) is 3.80. The third-order valence-electron chi connectivity index (χ3n) is 4.40. The zero-order valence-corrected chi connectivity index (χ0v) is 13.8. The maximum Gasteiger partial charge on any atom is 0.225 e. The topological polar surface area (TPSA) is 51.0 Å². The Balaban J connectivity index is 1.99. The molecule has 0 unspecified atom stereocenters. The molecule has 0 saturated heterocycles. The summed E-state index contributed by atoms with van der Waals surface area (Å²) < 4.78 is 15.3. The quantitative estimate of drug-likeness (QED) is 0.719. The first-order valence-electron chi connectivity index (χ1n) is 8.20. The summed E-state index contributed by atoms with van der Waals surface area (Å²) in [6, 6.07) is 10.1. The molecule has 1 aliphatic rings. The van der Waals surface area contributed by atoms with Crippen LogP contribution in [0.15, 0.2) is 48.8 Å². The van der Waals surface area contributed by atoms with Gasteiger partial charge in [0.15, 0.2) is 0 Å². The van der Waals surface area contributed by atoms with Gasteiger partial charge in [-0.25, -0.2) is 9.07 Å². The lowest BCUT2D eigenvalue weighted by atomic mass is 10.0. The van der Waals surface area contributed by atoms with Crippen LogP contribution in [0.3, 0.4) is 0 Å². The van der Waals surface area contributed by atoms with Gasteiger partial charge in [-0.1, -0.05) is 12.1 Å². The summed E-state index contributed by atoms with van der Waals surface area (Å²) in [5.74, 6) is 0.460. The minimum Gasteiger partial charge on any atom is -0.297 e. The Hall–Kier alpha value is -3.02. The second kappa shape index (κ2) is 6.12. The zero-order chi connectivity index (χ0) is 17.4. The molecule has 0 atom stereocenters. The van der Waals surface area contributed by atoms with Gasteiger partial charge in [0.1, 0.15) is 17.3 Å². The number of aryl methyl sites for hydroxylation is 1. The van der Waals surface area contributed by atoms with Crippen molar-refractivity contribution in [3.8, 4) is 22.4 Å². The van der Waals surface area contributed by atoms with Gasteiger partial charge in [0, 0.05) is 38.0 Å². The predicted octanol–water partition coefficient (Wildman–Crippen LogP) is 3.51. The Morgan fingerprint density at radius 1 is 1.04 bits per heavy atom. The number of fused-ring (bicyclic) bond motifs is 1. The summed E-state index contributed by atoms with van der Waals surface area (Å²) in [6.07, 6.45) is 4.28. The van der Waals surface area contributed by atoms with Crippen LogP contribution in [0.1, 0.15) is 13.3 Å². The summed E-state index contributed by atoms with van der Waals surface area (Å²) in [5, 5.41) is 4.75. The van der Waals surface area contributed by atoms with E-state index in [0.717, 1.165) is 41.2 Å². The van der Waals surface area contributed by atoms with Gasteiger partial charge < -0.3 is 0 Å². The number of amides is 1. The van der Waals surface area contributed by atoms with Gasteiger partial charge in [0.2, 0.25) is 5.91 Å². The number of rotatable bonds is 2. The molecule has 3 aromatic rings. The van der Waals surface area contributed by atoms with E-state index in [-0.39, 0.29) is 11.7 Å². The third-order valence-corrected chi connectivity index (χ3v) is 4.40. The van der Waals surface area contributed by atoms with Crippen LogP contribution in [-0.2, 0) is 11.3 Å². The van der Waals surface area contributed by atoms with E-state index < -0.39 is 0 Å². The van der Waals surface area contributed by atoms with E-state index in [9.17, 15) is 9.18 Å². The molecule has 0 radical (unpaired) electrons. The van der Waals surface area contributed by atoms with Crippen LogP contribution in [0.25, 0.3) is 22.4 Å². The number of pyridine rings is 1. The number of anilines is 1. The molecule has 3 heterocycles. The largest absolute Gasteiger partial charge is 0.297 e. The predicted molar refractivity (Wildman–Crippen MR) is 93.5 cm³/mol. The standard InChI is InChI=1S/C19H17FN4O/c1-13(25)23-11-2-12-24-19(23)17(14-3-5-16(20)6-4-14)18(22-24)15-7-9-21-10-8-15/h3-10H,2,11-12H2,1H3. The van der Waals surface area contributed by atoms with E-state index in [0.29, 0.717) is 6.54 Å². The van der Waals surface area contributed by atoms with E-state index in [1.807, 2.05) is 16.8 Å². The van der Waals surface area contributed by atoms with E-state index in [1.165, 1.54) is 12.1 Å². The minimum absolute atomic E-state index is 0.0227. The number of halogens is 1. The summed E-state index contributed by atoms with van der Waals surface area (Å²) in [4.78, 5) is 18.0. The molecule has 0 fully saturated rings. The lowest BCUT2D eigenvalue weighted by molar-refractivity contribution is -0.116. The van der Waals surface area contributed by atoms with Crippen molar-refractivity contribution in [3.05, 3.63) is 54.6 Å². The molecular weight excluding hydrogens is 319 g/mol. The Morgan fingerprint density at radius 3 is 2.44 bits per heavy atom. The van der Waals surface area contributed by atoms with Gasteiger partial charge in [-0.3, -0.25) is 14.7 Å². The Bertz CT molecular complexity index is 919. The van der Waals surface area contributed by atoms with Gasteiger partial charge in [0.05, 0.1) is 5.56 Å². The molecule has 5 nitrogen and oxygen atoms in total. The number of carbonyl (C=O) groups excluding carboxylic acids is 1. The van der Waals surface area contributed by atoms with Crippen molar-refractivity contribution in [1.82, 2.24) is 14.8 Å². The molecule has 0 aliphatic carbocycles. The SMILES string of the molecule is CC(=O)N1CCCn2nc(-c3ccncc3)c(-c3ccc(F)cc3)c21. The summed E-state index contributed by atoms with van der Waals surface area (Å²) in [7, 11) is 0. The number of nitrogens with zero attached hydrogens (tertiary/aromatic N) is 4. The fraction of sp³-hybridized carbons (Fsp3) is 0.211. The molecular formula is C19H17FN4O. The van der Waals surface area contributed by atoms with E-state index >= 15 is 0 Å². The summed E-state index contributed by atoms with van der Waals surface area (Å²) in [6.45, 7) is 2.96. The molecule has 2 aromatic heterocycles. The number of carbonyl (C=O) groups is 1. The first-order chi connectivity index (χ1) is 12.1. The number of hydrogen-bond acceptors (Lipinski definition) is 3. The molecule has 4 rings (SSSR count). The van der Waals surface area contributed by atoms with Crippen molar-refractivity contribution in [2.24, 2.45) is 0 Å². The molecule has 0 saturated carbocycles. The summed E-state index contributed by atoms with van der Waals surface area (Å²) >= 11 is 0. The van der Waals surface area contributed by atoms with Crippen LogP contribution in [0.5, 0.6) is 0 Å². The van der Waals surface area contributed by atoms with Crippen molar-refractivity contribution >= 4 is 11.7 Å². The van der Waals surface area contributed by atoms with E-state index in [2.05, 4.69) is 4.98 Å². The molecule has 6 heteroatoms. The Labute approximate surface area is 144 Å². The van der Waals surface area contributed by atoms with Crippen molar-refractivity contribution in [3.63, 3.8) is 0 Å². The molecule has 1 aliphatic heterocycles. The average molecular weight is 336 g/mol. The van der Waals surface area contributed by atoms with Crippen LogP contribution in [0, 0.1) is 5.82 Å². The van der Waals surface area contributed by atoms with Crippen LogP contribution >= 0.6 is 0 Å². The van der Waals surface area contributed by atoms with E-state index in [1.54, 1.807) is 36.4 Å². The maximum atomic E-state index is 13.4. The van der Waals surface area contributed by atoms with Crippen LogP contribution in [0.2, 0.25) is 0 Å². The van der Waals surface area contributed by atoms with Gasteiger partial charge in [-0.05, 0) is 36.2 Å². The zero-order valence-electron chi connectivity index (χ0n) is 13.8. The molecule has 25 heavy (non-hydrogen) atoms. The van der Waals surface area contributed by atoms with Crippen molar-refractivity contribution < 1.29 is 9.18 Å². The molecule has 1 aromatic carbocycles. The number of hydrogen-bond donors (Lipinski definition) is 0. The lowest BCUT2D eigenvalue weighted by Gasteiger charge is -2.27. The van der Waals surface area contributed by atoms with E-state index in [4.69, 9.17) is 5.10 Å². The second-order valence-electron chi connectivity index (χ2n) is 6.04. The maximum absolute atomic E-state index is 13.4. The van der Waals surface area contributed by atoms with Crippen LogP contribution in [0.4, 0.5) is 10.2 Å². The monoisotopic (exact) mass is 336 g/mol. The minimum atomic E-state index is -0.293. The van der Waals surface area contributed by atoms with Gasteiger partial charge in [0.25, 0.3) is 0 Å². The highest BCUT2D eigenvalue weighted by molar-refractivity contribution is 5.99. The highest BCUT2D eigenvalue weighted by atomic mass is 19.1. The lowest BCUT2D eigenvalue weighted by Crippen LogP contribution is -2.36. The van der Waals surface area contributed by atoms with Gasteiger partial charge in [-0.2, -0.15) is 5.10 Å². The Morgan fingerprint density at radius 2 is 1.76 bits per heavy atom. The smallest absolute Gasteiger partial charge is 0.225 e. The fourth-order valence-electron chi connectivity index (χ4n) is 3.27. The molecule has 1 amide bonds. The average Bonchev–Trinajstić information content (AvgIpc) is 3.02. The van der Waals surface area contributed by atoms with Gasteiger partial charge in [-0.15, -0.1) is 0 Å². The molecule has 0 bridgehead atoms. The number of benzene rings is 1. The highest BCUT2D eigenvalue weighted by Crippen LogP contribution is 2.41.